The minimum Gasteiger partial charge on any atom is -0.326 e. The topological polar surface area (TPSA) is 66.5 Å². The van der Waals surface area contributed by atoms with Gasteiger partial charge in [0, 0.05) is 23.7 Å². The van der Waals surface area contributed by atoms with E-state index in [4.69, 9.17) is 34.8 Å². The van der Waals surface area contributed by atoms with Gasteiger partial charge in [-0.2, -0.15) is 0 Å². The molecule has 0 aromatic heterocycles. The van der Waals surface area contributed by atoms with Gasteiger partial charge in [-0.25, -0.2) is 0 Å². The van der Waals surface area contributed by atoms with Gasteiger partial charge in [0.05, 0.1) is 11.8 Å². The van der Waals surface area contributed by atoms with Crippen molar-refractivity contribution >= 4 is 58.2 Å². The second-order valence-corrected chi connectivity index (χ2v) is 12.2. The average Bonchev–Trinajstić information content (AvgIpc) is 3.20. The van der Waals surface area contributed by atoms with Crippen molar-refractivity contribution in [1.29, 1.82) is 0 Å². The summed E-state index contributed by atoms with van der Waals surface area (Å²) < 4.78 is 0. The third-order valence-corrected chi connectivity index (χ3v) is 10.2. The number of hydrogen-bond acceptors (Lipinski definition) is 3. The SMILES string of the molecule is Cc1c(Cl)cccc1NC(=O)CCCCCN1C(=O)[C@@H]2[C@@H](C1=O)C1(Cl)c3ccccc3C2(Cl)c2ccccc21. The lowest BCUT2D eigenvalue weighted by atomic mass is 9.54. The van der Waals surface area contributed by atoms with Crippen molar-refractivity contribution in [2.45, 2.75) is 42.4 Å². The predicted octanol–water partition coefficient (Wildman–Crippen LogP) is 6.74. The lowest BCUT2D eigenvalue weighted by Gasteiger charge is -2.54. The van der Waals surface area contributed by atoms with Crippen molar-refractivity contribution in [3.8, 4) is 0 Å². The Labute approximate surface area is 242 Å². The molecule has 8 heteroatoms. The van der Waals surface area contributed by atoms with E-state index in [9.17, 15) is 14.4 Å². The molecule has 39 heavy (non-hydrogen) atoms. The molecule has 2 atom stereocenters. The summed E-state index contributed by atoms with van der Waals surface area (Å²) >= 11 is 21.0. The van der Waals surface area contributed by atoms with Gasteiger partial charge in [-0.3, -0.25) is 19.3 Å². The van der Waals surface area contributed by atoms with Gasteiger partial charge < -0.3 is 5.32 Å². The molecule has 0 saturated carbocycles. The number of rotatable bonds is 7. The Bertz CT molecular complexity index is 1400. The van der Waals surface area contributed by atoms with Crippen molar-refractivity contribution in [1.82, 2.24) is 4.90 Å². The average molecular weight is 582 g/mol. The summed E-state index contributed by atoms with van der Waals surface area (Å²) in [7, 11) is 0. The maximum atomic E-state index is 13.8. The predicted molar refractivity (Wildman–Crippen MR) is 153 cm³/mol. The van der Waals surface area contributed by atoms with Crippen molar-refractivity contribution in [2.75, 3.05) is 11.9 Å². The van der Waals surface area contributed by atoms with Crippen molar-refractivity contribution in [3.05, 3.63) is 99.6 Å². The van der Waals surface area contributed by atoms with Gasteiger partial charge in [0.2, 0.25) is 17.7 Å². The minimum atomic E-state index is -1.16. The Kier molecular flexibility index (Phi) is 6.53. The maximum Gasteiger partial charge on any atom is 0.235 e. The van der Waals surface area contributed by atoms with Gasteiger partial charge in [0.15, 0.2) is 0 Å². The zero-order chi connectivity index (χ0) is 27.5. The summed E-state index contributed by atoms with van der Waals surface area (Å²) in [6.45, 7) is 2.13. The van der Waals surface area contributed by atoms with E-state index >= 15 is 0 Å². The van der Waals surface area contributed by atoms with E-state index in [1.54, 1.807) is 12.1 Å². The highest BCUT2D eigenvalue weighted by Gasteiger charge is 2.72. The van der Waals surface area contributed by atoms with E-state index in [-0.39, 0.29) is 24.3 Å². The molecule has 3 aromatic rings. The number of likely N-dealkylation sites (tertiary alicyclic amines) is 1. The van der Waals surface area contributed by atoms with Crippen LogP contribution in [0, 0.1) is 18.8 Å². The van der Waals surface area contributed by atoms with Crippen LogP contribution in [0.25, 0.3) is 0 Å². The first-order valence-electron chi connectivity index (χ1n) is 13.2. The Morgan fingerprint density at radius 2 is 1.31 bits per heavy atom. The lowest BCUT2D eigenvalue weighted by Crippen LogP contribution is -2.57. The summed E-state index contributed by atoms with van der Waals surface area (Å²) in [6.07, 6.45) is 2.24. The number of imide groups is 1. The molecule has 200 valence electrons. The number of carbonyl (C=O) groups excluding carboxylic acids is 3. The van der Waals surface area contributed by atoms with Gasteiger partial charge >= 0.3 is 0 Å². The zero-order valence-corrected chi connectivity index (χ0v) is 23.6. The van der Waals surface area contributed by atoms with Gasteiger partial charge in [-0.15, -0.1) is 23.2 Å². The van der Waals surface area contributed by atoms with Crippen LogP contribution in [0.2, 0.25) is 5.02 Å². The molecule has 0 unspecified atom stereocenters. The fourth-order valence-electron chi connectivity index (χ4n) is 6.63. The first kappa shape index (κ1) is 26.4. The fraction of sp³-hybridized carbons (Fsp3) is 0.323. The fourth-order valence-corrected chi connectivity index (χ4v) is 7.91. The van der Waals surface area contributed by atoms with Crippen LogP contribution in [0.5, 0.6) is 0 Å². The summed E-state index contributed by atoms with van der Waals surface area (Å²) in [5, 5.41) is 3.50. The first-order valence-corrected chi connectivity index (χ1v) is 14.3. The molecule has 1 N–H and O–H groups in total. The van der Waals surface area contributed by atoms with E-state index < -0.39 is 21.6 Å². The summed E-state index contributed by atoms with van der Waals surface area (Å²) in [5.41, 5.74) is 4.71. The van der Waals surface area contributed by atoms with Crippen LogP contribution in [0.3, 0.4) is 0 Å². The Morgan fingerprint density at radius 3 is 1.82 bits per heavy atom. The molecule has 1 aliphatic heterocycles. The lowest BCUT2D eigenvalue weighted by molar-refractivity contribution is -0.140. The molecule has 7 rings (SSSR count). The molecular weight excluding hydrogens is 555 g/mol. The van der Waals surface area contributed by atoms with Crippen LogP contribution >= 0.6 is 34.8 Å². The number of hydrogen-bond donors (Lipinski definition) is 1. The molecule has 2 bridgehead atoms. The van der Waals surface area contributed by atoms with Crippen molar-refractivity contribution < 1.29 is 14.4 Å². The second kappa shape index (κ2) is 9.65. The standard InChI is InChI=1S/C31H27Cl3N2O3/c1-18-23(32)14-9-15-24(18)35-25(37)16-3-2-8-17-36-28(38)26-27(29(36)39)31(34)20-11-5-4-10-19(20)30(26,33)21-12-6-7-13-22(21)31/h4-7,9-15,26-27H,2-3,8,16-17H2,1H3,(H,35,37)/t26-,27-,30?,31?/m0/s1. The van der Waals surface area contributed by atoms with E-state index in [1.807, 2.05) is 61.5 Å². The third kappa shape index (κ3) is 3.77. The summed E-state index contributed by atoms with van der Waals surface area (Å²) in [6, 6.07) is 20.6. The van der Waals surface area contributed by atoms with Crippen LogP contribution in [0.4, 0.5) is 5.69 Å². The van der Waals surface area contributed by atoms with E-state index in [0.717, 1.165) is 27.8 Å². The molecule has 0 radical (unpaired) electrons. The number of alkyl halides is 2. The molecule has 1 fully saturated rings. The van der Waals surface area contributed by atoms with E-state index in [0.29, 0.717) is 36.4 Å². The molecule has 1 heterocycles. The number of amides is 3. The molecule has 3 aliphatic carbocycles. The van der Waals surface area contributed by atoms with Crippen LogP contribution in [-0.2, 0) is 24.1 Å². The normalized spacial score (nSPS) is 26.3. The molecule has 3 amide bonds. The molecule has 4 aliphatic rings. The number of halogens is 3. The maximum absolute atomic E-state index is 13.8. The molecule has 3 aromatic carbocycles. The smallest absolute Gasteiger partial charge is 0.235 e. The monoisotopic (exact) mass is 580 g/mol. The minimum absolute atomic E-state index is 0.0972. The van der Waals surface area contributed by atoms with Crippen LogP contribution in [0.1, 0.15) is 53.5 Å². The summed E-state index contributed by atoms with van der Waals surface area (Å²) in [4.78, 5) is 39.1. The Morgan fingerprint density at radius 1 is 0.795 bits per heavy atom. The van der Waals surface area contributed by atoms with Crippen LogP contribution < -0.4 is 5.32 Å². The highest BCUT2D eigenvalue weighted by molar-refractivity contribution is 6.36. The Hall–Kier alpha value is -2.86. The highest BCUT2D eigenvalue weighted by atomic mass is 35.5. The van der Waals surface area contributed by atoms with Gasteiger partial charge in [-0.05, 0) is 59.7 Å². The first-order chi connectivity index (χ1) is 18.7. The molecule has 1 saturated heterocycles. The molecule has 5 nitrogen and oxygen atoms in total. The molecule has 0 spiro atoms. The quantitative estimate of drug-likeness (QED) is 0.191. The highest BCUT2D eigenvalue weighted by Crippen LogP contribution is 2.69. The number of benzene rings is 3. The zero-order valence-electron chi connectivity index (χ0n) is 21.3. The number of anilines is 1. The Balaban J connectivity index is 1.16. The van der Waals surface area contributed by atoms with E-state index in [2.05, 4.69) is 5.32 Å². The summed E-state index contributed by atoms with van der Waals surface area (Å²) in [5.74, 6) is -2.20. The molecular formula is C31H27Cl3N2O3. The number of unbranched alkanes of at least 4 members (excludes halogenated alkanes) is 2. The van der Waals surface area contributed by atoms with Crippen LogP contribution in [-0.4, -0.2) is 29.2 Å². The largest absolute Gasteiger partial charge is 0.326 e. The number of nitrogens with one attached hydrogen (secondary N) is 1. The van der Waals surface area contributed by atoms with Gasteiger partial charge in [0.25, 0.3) is 0 Å². The van der Waals surface area contributed by atoms with E-state index in [1.165, 1.54) is 4.90 Å². The third-order valence-electron chi connectivity index (χ3n) is 8.50. The second-order valence-electron chi connectivity index (χ2n) is 10.6. The van der Waals surface area contributed by atoms with Gasteiger partial charge in [-0.1, -0.05) is 72.6 Å². The van der Waals surface area contributed by atoms with Gasteiger partial charge in [0.1, 0.15) is 9.75 Å². The van der Waals surface area contributed by atoms with Crippen molar-refractivity contribution in [2.24, 2.45) is 11.8 Å². The van der Waals surface area contributed by atoms with Crippen LogP contribution in [0.15, 0.2) is 66.7 Å². The number of carbonyl (C=O) groups is 3. The number of nitrogens with zero attached hydrogens (tertiary/aromatic N) is 1. The van der Waals surface area contributed by atoms with Crippen molar-refractivity contribution in [3.63, 3.8) is 0 Å².